The van der Waals surface area contributed by atoms with E-state index < -0.39 is 0 Å². The van der Waals surface area contributed by atoms with Crippen molar-refractivity contribution in [2.45, 2.75) is 0 Å². The molecule has 68 heavy (non-hydrogen) atoms. The predicted molar refractivity (Wildman–Crippen MR) is 287 cm³/mol. The molecule has 11 aromatic rings. The van der Waals surface area contributed by atoms with Crippen LogP contribution in [-0.2, 0) is 0 Å². The molecule has 0 aliphatic rings. The molecule has 0 aliphatic heterocycles. The van der Waals surface area contributed by atoms with E-state index in [0.717, 1.165) is 105 Å². The predicted octanol–water partition coefficient (Wildman–Crippen LogP) is 16.4. The number of benzene rings is 8. The van der Waals surface area contributed by atoms with Gasteiger partial charge >= 0.3 is 0 Å². The van der Waals surface area contributed by atoms with Gasteiger partial charge in [-0.05, 0) is 64.7 Å². The van der Waals surface area contributed by atoms with Gasteiger partial charge in [0, 0.05) is 55.1 Å². The molecule has 5 heteroatoms. The minimum absolute atomic E-state index is 0.551. The van der Waals surface area contributed by atoms with Gasteiger partial charge in [-0.2, -0.15) is 0 Å². The summed E-state index contributed by atoms with van der Waals surface area (Å²) in [6.07, 6.45) is 11.5. The van der Waals surface area contributed by atoms with Crippen molar-refractivity contribution in [2.24, 2.45) is 0 Å². The maximum Gasteiger partial charge on any atom is 0.164 e. The molecule has 0 amide bonds. The van der Waals surface area contributed by atoms with E-state index in [9.17, 15) is 0 Å². The van der Waals surface area contributed by atoms with Crippen LogP contribution >= 0.6 is 0 Å². The lowest BCUT2D eigenvalue weighted by molar-refractivity contribution is 1.07. The molecule has 0 aliphatic carbocycles. The Balaban J connectivity index is 1.22. The van der Waals surface area contributed by atoms with Crippen LogP contribution in [-0.4, -0.2) is 24.1 Å². The number of hydrogen-bond acceptors (Lipinski definition) is 3. The summed E-state index contributed by atoms with van der Waals surface area (Å²) in [4.78, 5) is 15.6. The molecule has 0 saturated heterocycles. The molecule has 3 aromatic heterocycles. The van der Waals surface area contributed by atoms with Crippen molar-refractivity contribution in [3.8, 4) is 62.1 Å². The molecular weight excluding hydrogens is 827 g/mol. The van der Waals surface area contributed by atoms with E-state index >= 15 is 0 Å². The van der Waals surface area contributed by atoms with Gasteiger partial charge in [0.2, 0.25) is 0 Å². The highest BCUT2D eigenvalue weighted by atomic mass is 15.0. The maximum absolute atomic E-state index is 5.29. The van der Waals surface area contributed by atoms with Crippen LogP contribution < -0.4 is 0 Å². The van der Waals surface area contributed by atoms with Crippen LogP contribution in [0.25, 0.3) is 117 Å². The number of allylic oxidation sites excluding steroid dienone is 8. The standard InChI is InChI=1S/C63H45N5/c1-5-8-23-42(4)67-56-32-20-18-30-50(56)54-41-59-55(40-58(54)67)51-31-19-21-33-57(51)68(59)60-52(43(7-3)22-6-2)38-49(39-53(60)46-26-14-10-15-27-46)63-65-61(47-28-16-11-17-29-47)64-62(66-63)48-36-34-45(35-37-48)44-24-12-9-13-25-44/h5-41H,1-4H2/b23-8-,43-22+. The Bertz CT molecular complexity index is 3830. The number of aromatic nitrogens is 5. The average molecular weight is 872 g/mol. The van der Waals surface area contributed by atoms with Gasteiger partial charge in [0.05, 0.1) is 27.8 Å². The molecule has 0 bridgehead atoms. The van der Waals surface area contributed by atoms with Gasteiger partial charge in [0.1, 0.15) is 0 Å². The molecule has 0 radical (unpaired) electrons. The van der Waals surface area contributed by atoms with Gasteiger partial charge in [0.15, 0.2) is 17.5 Å². The van der Waals surface area contributed by atoms with E-state index in [1.54, 1.807) is 6.08 Å². The molecule has 5 nitrogen and oxygen atoms in total. The minimum Gasteiger partial charge on any atom is -0.310 e. The monoisotopic (exact) mass is 871 g/mol. The third kappa shape index (κ3) is 7.29. The molecule has 3 heterocycles. The first-order chi connectivity index (χ1) is 33.5. The van der Waals surface area contributed by atoms with Crippen LogP contribution in [0.15, 0.2) is 251 Å². The molecule has 0 spiro atoms. The Morgan fingerprint density at radius 2 is 0.926 bits per heavy atom. The summed E-state index contributed by atoms with van der Waals surface area (Å²) in [5.41, 5.74) is 14.9. The summed E-state index contributed by atoms with van der Waals surface area (Å²) in [5, 5.41) is 4.51. The largest absolute Gasteiger partial charge is 0.310 e. The Kier molecular flexibility index (Phi) is 10.8. The van der Waals surface area contributed by atoms with E-state index in [1.165, 1.54) is 0 Å². The summed E-state index contributed by atoms with van der Waals surface area (Å²) in [7, 11) is 0. The lowest BCUT2D eigenvalue weighted by Gasteiger charge is -2.21. The van der Waals surface area contributed by atoms with Crippen molar-refractivity contribution in [3.63, 3.8) is 0 Å². The quantitative estimate of drug-likeness (QED) is 0.115. The van der Waals surface area contributed by atoms with Crippen LogP contribution in [0, 0.1) is 0 Å². The van der Waals surface area contributed by atoms with Gasteiger partial charge in [-0.1, -0.05) is 208 Å². The summed E-state index contributed by atoms with van der Waals surface area (Å²) in [5.74, 6) is 1.72. The smallest absolute Gasteiger partial charge is 0.164 e. The Morgan fingerprint density at radius 1 is 0.426 bits per heavy atom. The van der Waals surface area contributed by atoms with Crippen LogP contribution in [0.2, 0.25) is 0 Å². The number of hydrogen-bond donors (Lipinski definition) is 0. The number of rotatable bonds is 12. The molecule has 0 saturated carbocycles. The average Bonchev–Trinajstić information content (AvgIpc) is 3.90. The van der Waals surface area contributed by atoms with Crippen molar-refractivity contribution in [1.82, 2.24) is 24.1 Å². The third-order valence-electron chi connectivity index (χ3n) is 12.6. The van der Waals surface area contributed by atoms with Crippen molar-refractivity contribution < 1.29 is 0 Å². The van der Waals surface area contributed by atoms with E-state index in [-0.39, 0.29) is 0 Å². The second-order valence-corrected chi connectivity index (χ2v) is 16.6. The highest BCUT2D eigenvalue weighted by Crippen LogP contribution is 2.45. The van der Waals surface area contributed by atoms with Crippen molar-refractivity contribution in [3.05, 3.63) is 256 Å². The second kappa shape index (κ2) is 17.7. The number of fused-ring (bicyclic) bond motifs is 6. The van der Waals surface area contributed by atoms with E-state index in [0.29, 0.717) is 17.5 Å². The number of para-hydroxylation sites is 2. The van der Waals surface area contributed by atoms with Crippen LogP contribution in [0.1, 0.15) is 5.56 Å². The Hall–Kier alpha value is -9.19. The van der Waals surface area contributed by atoms with Gasteiger partial charge in [-0.25, -0.2) is 15.0 Å². The fraction of sp³-hybridized carbons (Fsp3) is 0. The van der Waals surface area contributed by atoms with Crippen LogP contribution in [0.4, 0.5) is 0 Å². The Labute approximate surface area is 395 Å². The summed E-state index contributed by atoms with van der Waals surface area (Å²) in [6.45, 7) is 17.0. The molecular formula is C63H45N5. The van der Waals surface area contributed by atoms with Gasteiger partial charge in [-0.15, -0.1) is 0 Å². The summed E-state index contributed by atoms with van der Waals surface area (Å²) < 4.78 is 4.67. The second-order valence-electron chi connectivity index (χ2n) is 16.6. The molecule has 0 atom stereocenters. The Morgan fingerprint density at radius 3 is 1.56 bits per heavy atom. The van der Waals surface area contributed by atoms with Crippen LogP contribution in [0.5, 0.6) is 0 Å². The lowest BCUT2D eigenvalue weighted by atomic mass is 9.92. The first-order valence-corrected chi connectivity index (χ1v) is 22.6. The SMILES string of the molecule is C=C/C=C\C(=C)n1c2ccccc2c2cc3c(cc21)c1ccccc1n3-c1c(/C(C=C)=C/C=C)cc(-c2nc(-c3ccccc3)nc(-c3ccc(-c4ccccc4)cc3)n2)cc1-c1ccccc1. The van der Waals surface area contributed by atoms with Crippen molar-refractivity contribution >= 4 is 54.9 Å². The zero-order valence-electron chi connectivity index (χ0n) is 37.4. The fourth-order valence-corrected chi connectivity index (χ4v) is 9.48. The van der Waals surface area contributed by atoms with Gasteiger partial charge < -0.3 is 9.13 Å². The topological polar surface area (TPSA) is 48.5 Å². The van der Waals surface area contributed by atoms with E-state index in [4.69, 9.17) is 15.0 Å². The number of nitrogens with zero attached hydrogens (tertiary/aromatic N) is 5. The molecule has 8 aromatic carbocycles. The third-order valence-corrected chi connectivity index (χ3v) is 12.6. The van der Waals surface area contributed by atoms with Gasteiger partial charge in [0.25, 0.3) is 0 Å². The van der Waals surface area contributed by atoms with Crippen molar-refractivity contribution in [2.75, 3.05) is 0 Å². The highest BCUT2D eigenvalue weighted by Gasteiger charge is 2.25. The summed E-state index contributed by atoms with van der Waals surface area (Å²) >= 11 is 0. The summed E-state index contributed by atoms with van der Waals surface area (Å²) in [6, 6.07) is 65.8. The minimum atomic E-state index is 0.551. The first-order valence-electron chi connectivity index (χ1n) is 22.6. The van der Waals surface area contributed by atoms with E-state index in [1.807, 2.05) is 66.8 Å². The highest BCUT2D eigenvalue weighted by molar-refractivity contribution is 6.20. The fourth-order valence-electron chi connectivity index (χ4n) is 9.48. The molecule has 0 unspecified atom stereocenters. The molecule has 0 N–H and O–H groups in total. The van der Waals surface area contributed by atoms with Gasteiger partial charge in [-0.3, -0.25) is 0 Å². The zero-order chi connectivity index (χ0) is 46.1. The first kappa shape index (κ1) is 41.5. The normalized spacial score (nSPS) is 11.8. The van der Waals surface area contributed by atoms with Crippen LogP contribution in [0.3, 0.4) is 0 Å². The van der Waals surface area contributed by atoms with Crippen molar-refractivity contribution in [1.29, 1.82) is 0 Å². The maximum atomic E-state index is 5.29. The molecule has 322 valence electrons. The van der Waals surface area contributed by atoms with E-state index in [2.05, 4.69) is 187 Å². The molecule has 0 fully saturated rings. The zero-order valence-corrected chi connectivity index (χ0v) is 37.4. The molecule has 11 rings (SSSR count). The lowest BCUT2D eigenvalue weighted by Crippen LogP contribution is -2.05.